The molecule has 0 unspecified atom stereocenters. The summed E-state index contributed by atoms with van der Waals surface area (Å²) in [5.41, 5.74) is 2.90. The van der Waals surface area contributed by atoms with Gasteiger partial charge in [0.05, 0.1) is 6.42 Å². The highest BCUT2D eigenvalue weighted by Crippen LogP contribution is 2.07. The molecule has 0 fully saturated rings. The molecule has 1 N–H and O–H groups in total. The van der Waals surface area contributed by atoms with Crippen LogP contribution < -0.4 is 0 Å². The van der Waals surface area contributed by atoms with Crippen molar-refractivity contribution in [2.24, 2.45) is 0 Å². The summed E-state index contributed by atoms with van der Waals surface area (Å²) >= 11 is 0. The number of ketones is 1. The van der Waals surface area contributed by atoms with E-state index >= 15 is 0 Å². The van der Waals surface area contributed by atoms with Gasteiger partial charge < -0.3 is 4.98 Å². The number of hydrogen-bond donors (Lipinski definition) is 1. The van der Waals surface area contributed by atoms with Crippen LogP contribution in [0.4, 0.5) is 0 Å². The lowest BCUT2D eigenvalue weighted by Crippen LogP contribution is -2.03. The maximum absolute atomic E-state index is 11.8. The molecule has 0 saturated carbocycles. The first-order valence-electron chi connectivity index (χ1n) is 4.98. The standard InChI is InChI=1S/C13H13NO/c1-10-4-6-11(7-5-10)13(15)9-12-3-2-8-14-12/h2-8,14H,9H2,1H3. The third-order valence-corrected chi connectivity index (χ3v) is 2.39. The molecule has 76 valence electrons. The number of carbonyl (C=O) groups excluding carboxylic acids is 1. The highest BCUT2D eigenvalue weighted by molar-refractivity contribution is 5.97. The zero-order chi connectivity index (χ0) is 10.7. The molecule has 1 heterocycles. The summed E-state index contributed by atoms with van der Waals surface area (Å²) in [7, 11) is 0. The molecule has 0 aliphatic heterocycles. The maximum Gasteiger partial charge on any atom is 0.168 e. The van der Waals surface area contributed by atoms with Crippen molar-refractivity contribution in [3.05, 3.63) is 59.4 Å². The van der Waals surface area contributed by atoms with Gasteiger partial charge >= 0.3 is 0 Å². The number of carbonyl (C=O) groups is 1. The largest absolute Gasteiger partial charge is 0.365 e. The number of nitrogens with one attached hydrogen (secondary N) is 1. The van der Waals surface area contributed by atoms with E-state index in [2.05, 4.69) is 4.98 Å². The second-order valence-electron chi connectivity index (χ2n) is 3.66. The predicted octanol–water partition coefficient (Wildman–Crippen LogP) is 2.75. The Morgan fingerprint density at radius 3 is 2.53 bits per heavy atom. The zero-order valence-corrected chi connectivity index (χ0v) is 8.66. The first-order chi connectivity index (χ1) is 7.25. The Balaban J connectivity index is 2.11. The lowest BCUT2D eigenvalue weighted by Gasteiger charge is -2.00. The number of hydrogen-bond acceptors (Lipinski definition) is 1. The van der Waals surface area contributed by atoms with Gasteiger partial charge in [0.15, 0.2) is 5.78 Å². The molecule has 0 amide bonds. The van der Waals surface area contributed by atoms with Gasteiger partial charge in [-0.25, -0.2) is 0 Å². The Morgan fingerprint density at radius 2 is 1.93 bits per heavy atom. The summed E-state index contributed by atoms with van der Waals surface area (Å²) in [6.45, 7) is 2.01. The Bertz CT molecular complexity index is 440. The lowest BCUT2D eigenvalue weighted by atomic mass is 10.1. The fourth-order valence-electron chi connectivity index (χ4n) is 1.49. The van der Waals surface area contributed by atoms with Crippen molar-refractivity contribution in [2.45, 2.75) is 13.3 Å². The minimum Gasteiger partial charge on any atom is -0.365 e. The molecule has 0 atom stereocenters. The molecule has 2 rings (SSSR count). The minimum absolute atomic E-state index is 0.150. The first kappa shape index (κ1) is 9.71. The van der Waals surface area contributed by atoms with E-state index in [1.165, 1.54) is 5.56 Å². The smallest absolute Gasteiger partial charge is 0.168 e. The van der Waals surface area contributed by atoms with Crippen LogP contribution in [0.5, 0.6) is 0 Å². The minimum atomic E-state index is 0.150. The monoisotopic (exact) mass is 199 g/mol. The fourth-order valence-corrected chi connectivity index (χ4v) is 1.49. The lowest BCUT2D eigenvalue weighted by molar-refractivity contribution is 0.0992. The Kier molecular flexibility index (Phi) is 2.68. The van der Waals surface area contributed by atoms with Gasteiger partial charge in [0, 0.05) is 17.5 Å². The van der Waals surface area contributed by atoms with E-state index in [4.69, 9.17) is 0 Å². The van der Waals surface area contributed by atoms with Crippen molar-refractivity contribution in [3.8, 4) is 0 Å². The van der Waals surface area contributed by atoms with Crippen LogP contribution >= 0.6 is 0 Å². The number of H-pyrrole nitrogens is 1. The van der Waals surface area contributed by atoms with Crippen LogP contribution in [0.2, 0.25) is 0 Å². The van der Waals surface area contributed by atoms with Gasteiger partial charge in [-0.05, 0) is 19.1 Å². The number of Topliss-reactive ketones (excluding diaryl/α,β-unsaturated/α-hetero) is 1. The molecule has 0 saturated heterocycles. The topological polar surface area (TPSA) is 32.9 Å². The van der Waals surface area contributed by atoms with E-state index in [0.717, 1.165) is 11.3 Å². The Labute approximate surface area is 89.0 Å². The number of aryl methyl sites for hydroxylation is 1. The van der Waals surface area contributed by atoms with Gasteiger partial charge in [-0.2, -0.15) is 0 Å². The van der Waals surface area contributed by atoms with E-state index < -0.39 is 0 Å². The third kappa shape index (κ3) is 2.34. The fraction of sp³-hybridized carbons (Fsp3) is 0.154. The highest BCUT2D eigenvalue weighted by atomic mass is 16.1. The summed E-state index contributed by atoms with van der Waals surface area (Å²) in [5, 5.41) is 0. The zero-order valence-electron chi connectivity index (χ0n) is 8.66. The quantitative estimate of drug-likeness (QED) is 0.757. The van der Waals surface area contributed by atoms with Gasteiger partial charge in [-0.15, -0.1) is 0 Å². The van der Waals surface area contributed by atoms with E-state index in [1.807, 2.05) is 49.5 Å². The molecule has 2 aromatic rings. The van der Waals surface area contributed by atoms with Crippen LogP contribution in [0.15, 0.2) is 42.6 Å². The van der Waals surface area contributed by atoms with E-state index in [9.17, 15) is 4.79 Å². The van der Waals surface area contributed by atoms with E-state index in [0.29, 0.717) is 6.42 Å². The van der Waals surface area contributed by atoms with Crippen LogP contribution in [-0.4, -0.2) is 10.8 Å². The van der Waals surface area contributed by atoms with Gasteiger partial charge in [-0.3, -0.25) is 4.79 Å². The molecular formula is C13H13NO. The molecule has 2 heteroatoms. The summed E-state index contributed by atoms with van der Waals surface area (Å²) in [5.74, 6) is 0.150. The second kappa shape index (κ2) is 4.13. The maximum atomic E-state index is 11.8. The average molecular weight is 199 g/mol. The van der Waals surface area contributed by atoms with Crippen molar-refractivity contribution in [1.82, 2.24) is 4.98 Å². The molecular weight excluding hydrogens is 186 g/mol. The van der Waals surface area contributed by atoms with Crippen LogP contribution in [0.1, 0.15) is 21.6 Å². The average Bonchev–Trinajstić information content (AvgIpc) is 2.71. The molecule has 15 heavy (non-hydrogen) atoms. The molecule has 2 nitrogen and oxygen atoms in total. The van der Waals surface area contributed by atoms with Crippen LogP contribution in [0.3, 0.4) is 0 Å². The predicted molar refractivity (Wildman–Crippen MR) is 60.0 cm³/mol. The van der Waals surface area contributed by atoms with E-state index in [1.54, 1.807) is 0 Å². The van der Waals surface area contributed by atoms with Crippen molar-refractivity contribution < 1.29 is 4.79 Å². The number of rotatable bonds is 3. The van der Waals surface area contributed by atoms with Crippen molar-refractivity contribution in [3.63, 3.8) is 0 Å². The van der Waals surface area contributed by atoms with Crippen molar-refractivity contribution in [1.29, 1.82) is 0 Å². The van der Waals surface area contributed by atoms with E-state index in [-0.39, 0.29) is 5.78 Å². The summed E-state index contributed by atoms with van der Waals surface area (Å²) in [6, 6.07) is 11.5. The summed E-state index contributed by atoms with van der Waals surface area (Å²) < 4.78 is 0. The van der Waals surface area contributed by atoms with Crippen molar-refractivity contribution >= 4 is 5.78 Å². The normalized spacial score (nSPS) is 10.2. The highest BCUT2D eigenvalue weighted by Gasteiger charge is 2.06. The SMILES string of the molecule is Cc1ccc(C(=O)Cc2ccc[nH]2)cc1. The first-order valence-corrected chi connectivity index (χ1v) is 4.98. The van der Waals surface area contributed by atoms with Crippen molar-refractivity contribution in [2.75, 3.05) is 0 Å². The van der Waals surface area contributed by atoms with Gasteiger partial charge in [0.1, 0.15) is 0 Å². The van der Waals surface area contributed by atoms with Crippen LogP contribution in [-0.2, 0) is 6.42 Å². The third-order valence-electron chi connectivity index (χ3n) is 2.39. The molecule has 0 spiro atoms. The number of benzene rings is 1. The van der Waals surface area contributed by atoms with Crippen LogP contribution in [0, 0.1) is 6.92 Å². The molecule has 0 aliphatic carbocycles. The second-order valence-corrected chi connectivity index (χ2v) is 3.66. The van der Waals surface area contributed by atoms with Gasteiger partial charge in [0.25, 0.3) is 0 Å². The van der Waals surface area contributed by atoms with Gasteiger partial charge in [0.2, 0.25) is 0 Å². The Morgan fingerprint density at radius 1 is 1.20 bits per heavy atom. The summed E-state index contributed by atoms with van der Waals surface area (Å²) in [4.78, 5) is 14.8. The van der Waals surface area contributed by atoms with Crippen LogP contribution in [0.25, 0.3) is 0 Å². The molecule has 1 aromatic carbocycles. The number of aromatic amines is 1. The molecule has 0 radical (unpaired) electrons. The van der Waals surface area contributed by atoms with Gasteiger partial charge in [-0.1, -0.05) is 29.8 Å². The number of aromatic nitrogens is 1. The summed E-state index contributed by atoms with van der Waals surface area (Å²) in [6.07, 6.45) is 2.27. The molecule has 0 aliphatic rings. The Hall–Kier alpha value is -1.83. The molecule has 0 bridgehead atoms. The molecule has 1 aromatic heterocycles.